The molecule has 0 bridgehead atoms. The van der Waals surface area contributed by atoms with Crippen molar-refractivity contribution in [1.82, 2.24) is 19.9 Å². The Bertz CT molecular complexity index is 853. The summed E-state index contributed by atoms with van der Waals surface area (Å²) in [5, 5.41) is 4.49. The van der Waals surface area contributed by atoms with Gasteiger partial charge in [-0.15, -0.1) is 0 Å². The molecule has 6 nitrogen and oxygen atoms in total. The molecule has 0 aliphatic heterocycles. The zero-order chi connectivity index (χ0) is 15.7. The Balaban J connectivity index is 1.94. The van der Waals surface area contributed by atoms with E-state index in [-0.39, 0.29) is 5.91 Å². The molecular formula is C16H17N5O. The van der Waals surface area contributed by atoms with Crippen molar-refractivity contribution in [3.8, 4) is 0 Å². The van der Waals surface area contributed by atoms with Crippen molar-refractivity contribution >= 4 is 22.4 Å². The first-order chi connectivity index (χ1) is 10.6. The number of amides is 1. The van der Waals surface area contributed by atoms with E-state index in [0.717, 1.165) is 22.2 Å². The van der Waals surface area contributed by atoms with Crippen molar-refractivity contribution < 1.29 is 4.79 Å². The Hall–Kier alpha value is -2.89. The van der Waals surface area contributed by atoms with Crippen LogP contribution in [-0.4, -0.2) is 20.4 Å². The molecule has 0 fully saturated rings. The number of hydrogen-bond donors (Lipinski definition) is 2. The van der Waals surface area contributed by atoms with Gasteiger partial charge in [0.1, 0.15) is 11.5 Å². The second kappa shape index (κ2) is 5.48. The third-order valence-corrected chi connectivity index (χ3v) is 3.71. The molecule has 0 atom stereocenters. The molecule has 0 saturated heterocycles. The van der Waals surface area contributed by atoms with E-state index in [1.807, 2.05) is 42.9 Å². The third-order valence-electron chi connectivity index (χ3n) is 3.71. The lowest BCUT2D eigenvalue weighted by molar-refractivity contribution is 0.0946. The highest BCUT2D eigenvalue weighted by molar-refractivity contribution is 6.09. The lowest BCUT2D eigenvalue weighted by Crippen LogP contribution is -2.25. The van der Waals surface area contributed by atoms with Gasteiger partial charge in [0, 0.05) is 42.1 Å². The van der Waals surface area contributed by atoms with Gasteiger partial charge >= 0.3 is 0 Å². The summed E-state index contributed by atoms with van der Waals surface area (Å²) in [5.74, 6) is 0.548. The molecule has 0 unspecified atom stereocenters. The van der Waals surface area contributed by atoms with Gasteiger partial charge in [0.15, 0.2) is 0 Å². The number of aromatic nitrogens is 3. The van der Waals surface area contributed by atoms with Crippen molar-refractivity contribution in [3.63, 3.8) is 0 Å². The number of nitrogens with one attached hydrogen (secondary N) is 1. The number of carbonyl (C=O) groups excluding carboxylic acids is 1. The number of anilines is 1. The molecule has 3 N–H and O–H groups in total. The quantitative estimate of drug-likeness (QED) is 0.721. The maximum absolute atomic E-state index is 12.5. The number of carbonyl (C=O) groups is 1. The third kappa shape index (κ3) is 2.39. The normalized spacial score (nSPS) is 10.8. The Morgan fingerprint density at radius 3 is 2.82 bits per heavy atom. The number of hydrogen-bond acceptors (Lipinski definition) is 4. The van der Waals surface area contributed by atoms with Crippen molar-refractivity contribution in [3.05, 3.63) is 53.9 Å². The molecule has 112 valence electrons. The van der Waals surface area contributed by atoms with E-state index in [9.17, 15) is 4.79 Å². The Labute approximate surface area is 128 Å². The van der Waals surface area contributed by atoms with Crippen LogP contribution in [-0.2, 0) is 13.6 Å². The highest BCUT2D eigenvalue weighted by atomic mass is 16.1. The Morgan fingerprint density at radius 1 is 1.27 bits per heavy atom. The largest absolute Gasteiger partial charge is 0.398 e. The lowest BCUT2D eigenvalue weighted by Gasteiger charge is -2.10. The summed E-state index contributed by atoms with van der Waals surface area (Å²) in [7, 11) is 1.88. The molecule has 1 amide bonds. The number of nitrogens with zero attached hydrogens (tertiary/aromatic N) is 3. The number of rotatable bonds is 3. The first kappa shape index (κ1) is 14.1. The van der Waals surface area contributed by atoms with Crippen LogP contribution in [0.4, 0.5) is 5.69 Å². The molecule has 6 heteroatoms. The predicted octanol–water partition coefficient (Wildman–Crippen LogP) is 1.79. The van der Waals surface area contributed by atoms with Gasteiger partial charge < -0.3 is 15.6 Å². The van der Waals surface area contributed by atoms with Gasteiger partial charge in [-0.1, -0.05) is 6.07 Å². The lowest BCUT2D eigenvalue weighted by atomic mass is 10.0. The summed E-state index contributed by atoms with van der Waals surface area (Å²) in [6.45, 7) is 2.29. The average Bonchev–Trinajstić information content (AvgIpc) is 2.93. The van der Waals surface area contributed by atoms with E-state index in [0.29, 0.717) is 17.9 Å². The zero-order valence-corrected chi connectivity index (χ0v) is 12.5. The number of imidazole rings is 1. The minimum Gasteiger partial charge on any atom is -0.398 e. The highest BCUT2D eigenvalue weighted by Gasteiger charge is 2.15. The van der Waals surface area contributed by atoms with Crippen molar-refractivity contribution in [2.45, 2.75) is 13.5 Å². The first-order valence-electron chi connectivity index (χ1n) is 6.96. The van der Waals surface area contributed by atoms with Gasteiger partial charge in [0.2, 0.25) is 0 Å². The molecule has 0 spiro atoms. The molecule has 3 rings (SSSR count). The maximum atomic E-state index is 12.5. The van der Waals surface area contributed by atoms with Gasteiger partial charge in [0.25, 0.3) is 5.91 Å². The fraction of sp³-hybridized carbons (Fsp3) is 0.188. The number of aryl methyl sites for hydroxylation is 2. The molecule has 0 aliphatic carbocycles. The van der Waals surface area contributed by atoms with Crippen LogP contribution in [0.5, 0.6) is 0 Å². The monoisotopic (exact) mass is 295 g/mol. The molecule has 0 saturated carbocycles. The smallest absolute Gasteiger partial charge is 0.270 e. The average molecular weight is 295 g/mol. The minimum absolute atomic E-state index is 0.234. The van der Waals surface area contributed by atoms with Crippen molar-refractivity contribution in [2.24, 2.45) is 7.05 Å². The number of benzene rings is 1. The van der Waals surface area contributed by atoms with Gasteiger partial charge in [0.05, 0.1) is 6.54 Å². The van der Waals surface area contributed by atoms with Crippen LogP contribution in [0.25, 0.3) is 10.8 Å². The molecule has 2 aromatic heterocycles. The Kier molecular flexibility index (Phi) is 3.50. The molecule has 0 aliphatic rings. The van der Waals surface area contributed by atoms with E-state index in [1.165, 1.54) is 0 Å². The van der Waals surface area contributed by atoms with Gasteiger partial charge in [-0.05, 0) is 24.6 Å². The topological polar surface area (TPSA) is 85.8 Å². The van der Waals surface area contributed by atoms with Crippen LogP contribution in [0.15, 0.2) is 36.8 Å². The van der Waals surface area contributed by atoms with Crippen LogP contribution in [0.1, 0.15) is 21.9 Å². The van der Waals surface area contributed by atoms with Crippen LogP contribution < -0.4 is 11.1 Å². The van der Waals surface area contributed by atoms with Crippen LogP contribution in [0, 0.1) is 6.92 Å². The molecule has 3 aromatic rings. The molecule has 2 heterocycles. The zero-order valence-electron chi connectivity index (χ0n) is 12.5. The van der Waals surface area contributed by atoms with Crippen molar-refractivity contribution in [2.75, 3.05) is 5.73 Å². The highest BCUT2D eigenvalue weighted by Crippen LogP contribution is 2.26. The second-order valence-electron chi connectivity index (χ2n) is 5.19. The SMILES string of the molecule is Cc1ccc(N)c2ccnc(C(=O)NCc3nccn3C)c12. The van der Waals surface area contributed by atoms with E-state index >= 15 is 0 Å². The van der Waals surface area contributed by atoms with Gasteiger partial charge in [-0.2, -0.15) is 0 Å². The standard InChI is InChI=1S/C16H17N5O/c1-10-3-4-12(17)11-5-6-19-15(14(10)11)16(22)20-9-13-18-7-8-21(13)2/h3-8H,9,17H2,1-2H3,(H,20,22). The van der Waals surface area contributed by atoms with E-state index in [4.69, 9.17) is 5.73 Å². The predicted molar refractivity (Wildman–Crippen MR) is 85.3 cm³/mol. The van der Waals surface area contributed by atoms with Crippen LogP contribution in [0.3, 0.4) is 0 Å². The summed E-state index contributed by atoms with van der Waals surface area (Å²) in [6.07, 6.45) is 5.14. The Morgan fingerprint density at radius 2 is 2.09 bits per heavy atom. The summed E-state index contributed by atoms with van der Waals surface area (Å²) >= 11 is 0. The van der Waals surface area contributed by atoms with Gasteiger partial charge in [-0.25, -0.2) is 4.98 Å². The van der Waals surface area contributed by atoms with E-state index < -0.39 is 0 Å². The van der Waals surface area contributed by atoms with Gasteiger partial charge in [-0.3, -0.25) is 9.78 Å². The maximum Gasteiger partial charge on any atom is 0.270 e. The van der Waals surface area contributed by atoms with E-state index in [2.05, 4.69) is 15.3 Å². The minimum atomic E-state index is -0.234. The summed E-state index contributed by atoms with van der Waals surface area (Å²) in [5.41, 5.74) is 7.99. The molecule has 0 radical (unpaired) electrons. The molecular weight excluding hydrogens is 278 g/mol. The van der Waals surface area contributed by atoms with Crippen LogP contribution in [0.2, 0.25) is 0 Å². The fourth-order valence-corrected chi connectivity index (χ4v) is 2.47. The number of pyridine rings is 1. The second-order valence-corrected chi connectivity index (χ2v) is 5.19. The fourth-order valence-electron chi connectivity index (χ4n) is 2.47. The molecule has 1 aromatic carbocycles. The van der Waals surface area contributed by atoms with Crippen LogP contribution >= 0.6 is 0 Å². The summed E-state index contributed by atoms with van der Waals surface area (Å²) < 4.78 is 1.86. The van der Waals surface area contributed by atoms with E-state index in [1.54, 1.807) is 12.4 Å². The van der Waals surface area contributed by atoms with Crippen molar-refractivity contribution in [1.29, 1.82) is 0 Å². The number of fused-ring (bicyclic) bond motifs is 1. The number of nitrogens with two attached hydrogens (primary N) is 1. The summed E-state index contributed by atoms with van der Waals surface area (Å²) in [6, 6.07) is 5.56. The molecule has 22 heavy (non-hydrogen) atoms. The summed E-state index contributed by atoms with van der Waals surface area (Å²) in [4.78, 5) is 20.9. The number of nitrogen functional groups attached to an aromatic ring is 1. The first-order valence-corrected chi connectivity index (χ1v) is 6.96.